The van der Waals surface area contributed by atoms with Crippen molar-refractivity contribution in [2.45, 2.75) is 6.54 Å². The zero-order valence-corrected chi connectivity index (χ0v) is 10.2. The van der Waals surface area contributed by atoms with Crippen molar-refractivity contribution in [2.75, 3.05) is 32.9 Å². The molecule has 1 fully saturated rings. The minimum atomic E-state index is 0. The van der Waals surface area contributed by atoms with E-state index in [4.69, 9.17) is 5.11 Å². The molecule has 0 spiro atoms. The molecule has 1 aromatic rings. The molecule has 0 radical (unpaired) electrons. The molecule has 0 bridgehead atoms. The van der Waals surface area contributed by atoms with Crippen LogP contribution in [0, 0.1) is 0 Å². The minimum absolute atomic E-state index is 0. The van der Waals surface area contributed by atoms with Crippen LogP contribution in [-0.2, 0) is 6.54 Å². The van der Waals surface area contributed by atoms with Crippen LogP contribution in [0.2, 0.25) is 0 Å². The van der Waals surface area contributed by atoms with E-state index in [1.54, 1.807) is 0 Å². The monoisotopic (exact) mass is 242 g/mol. The second-order valence-electron chi connectivity index (χ2n) is 4.02. The van der Waals surface area contributed by atoms with Gasteiger partial charge in [-0.3, -0.25) is 9.80 Å². The number of halogens is 1. The highest BCUT2D eigenvalue weighted by Crippen LogP contribution is 2.09. The number of nitrogens with zero attached hydrogens (tertiary/aromatic N) is 2. The fraction of sp³-hybridized carbons (Fsp3) is 0.500. The van der Waals surface area contributed by atoms with Crippen molar-refractivity contribution in [3.63, 3.8) is 0 Å². The average molecular weight is 243 g/mol. The third-order valence-corrected chi connectivity index (χ3v) is 2.80. The first-order valence-electron chi connectivity index (χ1n) is 5.48. The standard InChI is InChI=1S/C12H18N2O.ClH/c15-9-8-13-6-7-14(11-13)10-12-4-2-1-3-5-12;/h1-5,15H,6-11H2;1H. The van der Waals surface area contributed by atoms with Gasteiger partial charge in [0.1, 0.15) is 0 Å². The Kier molecular flexibility index (Phi) is 5.77. The Bertz CT molecular complexity index is 294. The van der Waals surface area contributed by atoms with Crippen LogP contribution in [0.1, 0.15) is 5.56 Å². The van der Waals surface area contributed by atoms with Crippen LogP contribution < -0.4 is 0 Å². The number of β-amino-alcohol motifs (C(OH)–C–C–N with tert-alkyl or cyclic N) is 1. The Morgan fingerprint density at radius 3 is 2.44 bits per heavy atom. The lowest BCUT2D eigenvalue weighted by Gasteiger charge is -2.17. The molecule has 0 unspecified atom stereocenters. The molecule has 1 aromatic carbocycles. The second-order valence-corrected chi connectivity index (χ2v) is 4.02. The highest BCUT2D eigenvalue weighted by Gasteiger charge is 2.18. The van der Waals surface area contributed by atoms with Crippen molar-refractivity contribution in [3.8, 4) is 0 Å². The molecule has 3 nitrogen and oxygen atoms in total. The topological polar surface area (TPSA) is 26.7 Å². The van der Waals surface area contributed by atoms with Crippen LogP contribution in [0.4, 0.5) is 0 Å². The van der Waals surface area contributed by atoms with E-state index in [-0.39, 0.29) is 19.0 Å². The molecule has 0 saturated carbocycles. The first kappa shape index (κ1) is 13.5. The van der Waals surface area contributed by atoms with Gasteiger partial charge in [-0.25, -0.2) is 0 Å². The SMILES string of the molecule is Cl.OCCN1CCN(Cc2ccccc2)C1. The highest BCUT2D eigenvalue weighted by molar-refractivity contribution is 5.85. The Morgan fingerprint density at radius 2 is 1.75 bits per heavy atom. The molecule has 4 heteroatoms. The van der Waals surface area contributed by atoms with Crippen LogP contribution in [-0.4, -0.2) is 47.8 Å². The molecule has 0 aromatic heterocycles. The van der Waals surface area contributed by atoms with E-state index in [1.807, 2.05) is 6.07 Å². The molecule has 0 aliphatic carbocycles. The van der Waals surface area contributed by atoms with Gasteiger partial charge in [0.05, 0.1) is 13.3 Å². The zero-order valence-electron chi connectivity index (χ0n) is 9.38. The third kappa shape index (κ3) is 3.76. The summed E-state index contributed by atoms with van der Waals surface area (Å²) < 4.78 is 0. The molecule has 0 amide bonds. The summed E-state index contributed by atoms with van der Waals surface area (Å²) >= 11 is 0. The number of benzene rings is 1. The van der Waals surface area contributed by atoms with Crippen molar-refractivity contribution in [1.29, 1.82) is 0 Å². The summed E-state index contributed by atoms with van der Waals surface area (Å²) in [7, 11) is 0. The molecular formula is C12H19ClN2O. The van der Waals surface area contributed by atoms with Gasteiger partial charge in [0, 0.05) is 26.2 Å². The van der Waals surface area contributed by atoms with Gasteiger partial charge < -0.3 is 5.11 Å². The summed E-state index contributed by atoms with van der Waals surface area (Å²) in [6.07, 6.45) is 0. The van der Waals surface area contributed by atoms with E-state index in [0.717, 1.165) is 32.8 Å². The minimum Gasteiger partial charge on any atom is -0.395 e. The number of aliphatic hydroxyl groups excluding tert-OH is 1. The van der Waals surface area contributed by atoms with Gasteiger partial charge in [0.15, 0.2) is 0 Å². The van der Waals surface area contributed by atoms with Crippen LogP contribution in [0.5, 0.6) is 0 Å². The number of hydrogen-bond donors (Lipinski definition) is 1. The molecule has 1 heterocycles. The first-order valence-corrected chi connectivity index (χ1v) is 5.48. The maximum absolute atomic E-state index is 8.84. The predicted octanol–water partition coefficient (Wildman–Crippen LogP) is 1.18. The number of hydrogen-bond acceptors (Lipinski definition) is 3. The van der Waals surface area contributed by atoms with E-state index >= 15 is 0 Å². The summed E-state index contributed by atoms with van der Waals surface area (Å²) in [6, 6.07) is 10.5. The molecule has 16 heavy (non-hydrogen) atoms. The maximum Gasteiger partial charge on any atom is 0.0558 e. The van der Waals surface area contributed by atoms with Crippen molar-refractivity contribution >= 4 is 12.4 Å². The van der Waals surface area contributed by atoms with Crippen LogP contribution >= 0.6 is 12.4 Å². The lowest BCUT2D eigenvalue weighted by molar-refractivity contribution is 0.190. The molecule has 1 aliphatic heterocycles. The quantitative estimate of drug-likeness (QED) is 0.859. The van der Waals surface area contributed by atoms with Crippen LogP contribution in [0.15, 0.2) is 30.3 Å². The van der Waals surface area contributed by atoms with Crippen molar-refractivity contribution in [2.24, 2.45) is 0 Å². The summed E-state index contributed by atoms with van der Waals surface area (Å²) in [5, 5.41) is 8.84. The molecule has 1 saturated heterocycles. The summed E-state index contributed by atoms with van der Waals surface area (Å²) in [6.45, 7) is 5.24. The largest absolute Gasteiger partial charge is 0.395 e. The Hall–Kier alpha value is -0.610. The van der Waals surface area contributed by atoms with E-state index < -0.39 is 0 Å². The smallest absolute Gasteiger partial charge is 0.0558 e. The average Bonchev–Trinajstić information content (AvgIpc) is 2.68. The molecular weight excluding hydrogens is 224 g/mol. The van der Waals surface area contributed by atoms with E-state index in [0.29, 0.717) is 0 Å². The van der Waals surface area contributed by atoms with Crippen LogP contribution in [0.3, 0.4) is 0 Å². The molecule has 1 aliphatic rings. The van der Waals surface area contributed by atoms with Crippen molar-refractivity contribution < 1.29 is 5.11 Å². The highest BCUT2D eigenvalue weighted by atomic mass is 35.5. The molecule has 1 N–H and O–H groups in total. The van der Waals surface area contributed by atoms with Crippen LogP contribution in [0.25, 0.3) is 0 Å². The number of rotatable bonds is 4. The lowest BCUT2D eigenvalue weighted by Crippen LogP contribution is -2.27. The van der Waals surface area contributed by atoms with E-state index in [2.05, 4.69) is 34.1 Å². The fourth-order valence-corrected chi connectivity index (χ4v) is 2.00. The van der Waals surface area contributed by atoms with Gasteiger partial charge in [-0.2, -0.15) is 0 Å². The predicted molar refractivity (Wildman–Crippen MR) is 67.6 cm³/mol. The van der Waals surface area contributed by atoms with Gasteiger partial charge in [-0.05, 0) is 5.56 Å². The summed E-state index contributed by atoms with van der Waals surface area (Å²) in [5.41, 5.74) is 1.36. The van der Waals surface area contributed by atoms with Crippen molar-refractivity contribution in [3.05, 3.63) is 35.9 Å². The summed E-state index contributed by atoms with van der Waals surface area (Å²) in [5.74, 6) is 0. The van der Waals surface area contributed by atoms with E-state index in [1.165, 1.54) is 5.56 Å². The normalized spacial score (nSPS) is 17.3. The zero-order chi connectivity index (χ0) is 10.5. The van der Waals surface area contributed by atoms with Gasteiger partial charge in [0.2, 0.25) is 0 Å². The molecule has 90 valence electrons. The fourth-order valence-electron chi connectivity index (χ4n) is 2.00. The Morgan fingerprint density at radius 1 is 1.06 bits per heavy atom. The summed E-state index contributed by atoms with van der Waals surface area (Å²) in [4.78, 5) is 4.69. The second kappa shape index (κ2) is 6.86. The van der Waals surface area contributed by atoms with E-state index in [9.17, 15) is 0 Å². The van der Waals surface area contributed by atoms with Crippen molar-refractivity contribution in [1.82, 2.24) is 9.80 Å². The first-order chi connectivity index (χ1) is 7.38. The molecule has 2 rings (SSSR count). The lowest BCUT2D eigenvalue weighted by atomic mass is 10.2. The molecule has 0 atom stereocenters. The van der Waals surface area contributed by atoms with Gasteiger partial charge in [-0.1, -0.05) is 30.3 Å². The van der Waals surface area contributed by atoms with Gasteiger partial charge in [-0.15, -0.1) is 12.4 Å². The third-order valence-electron chi connectivity index (χ3n) is 2.80. The Balaban J connectivity index is 0.00000128. The number of aliphatic hydroxyl groups is 1. The Labute approximate surface area is 103 Å². The van der Waals surface area contributed by atoms with Gasteiger partial charge >= 0.3 is 0 Å². The van der Waals surface area contributed by atoms with Gasteiger partial charge in [0.25, 0.3) is 0 Å². The maximum atomic E-state index is 8.84.